The van der Waals surface area contributed by atoms with Crippen LogP contribution in [-0.4, -0.2) is 23.1 Å². The Balaban J connectivity index is 1.42. The fourth-order valence-electron chi connectivity index (χ4n) is 4.68. The second kappa shape index (κ2) is 9.21. The SMILES string of the molecule is CC(C)c1ccc(-c2csc3nc(Cl)nc(N4CCC(Cc5ccccc5)CC4)c23)cc1. The number of fused-ring (bicyclic) bond motifs is 1. The van der Waals surface area contributed by atoms with Gasteiger partial charge in [-0.15, -0.1) is 11.3 Å². The average molecular weight is 462 g/mol. The van der Waals surface area contributed by atoms with E-state index in [1.165, 1.54) is 35.1 Å². The Hall–Kier alpha value is -2.43. The Morgan fingerprint density at radius 2 is 1.72 bits per heavy atom. The Labute approximate surface area is 199 Å². The molecule has 5 rings (SSSR count). The van der Waals surface area contributed by atoms with Crippen molar-refractivity contribution in [2.24, 2.45) is 5.92 Å². The van der Waals surface area contributed by atoms with Gasteiger partial charge in [0.25, 0.3) is 0 Å². The zero-order valence-corrected chi connectivity index (χ0v) is 20.2. The quantitative estimate of drug-likeness (QED) is 0.286. The topological polar surface area (TPSA) is 29.0 Å². The van der Waals surface area contributed by atoms with Crippen molar-refractivity contribution in [2.75, 3.05) is 18.0 Å². The number of anilines is 1. The lowest BCUT2D eigenvalue weighted by atomic mass is 9.90. The normalized spacial score (nSPS) is 15.1. The van der Waals surface area contributed by atoms with Gasteiger partial charge in [0, 0.05) is 24.0 Å². The van der Waals surface area contributed by atoms with Gasteiger partial charge in [-0.25, -0.2) is 4.98 Å². The van der Waals surface area contributed by atoms with Gasteiger partial charge in [-0.1, -0.05) is 68.4 Å². The van der Waals surface area contributed by atoms with Crippen LogP contribution >= 0.6 is 22.9 Å². The van der Waals surface area contributed by atoms with E-state index in [9.17, 15) is 0 Å². The van der Waals surface area contributed by atoms with Gasteiger partial charge in [-0.05, 0) is 59.4 Å². The highest BCUT2D eigenvalue weighted by atomic mass is 35.5. The lowest BCUT2D eigenvalue weighted by Gasteiger charge is -2.33. The molecular formula is C27H28ClN3S. The molecule has 32 heavy (non-hydrogen) atoms. The lowest BCUT2D eigenvalue weighted by molar-refractivity contribution is 0.403. The number of hydrogen-bond acceptors (Lipinski definition) is 4. The van der Waals surface area contributed by atoms with E-state index in [4.69, 9.17) is 16.6 Å². The molecule has 2 aromatic heterocycles. The summed E-state index contributed by atoms with van der Waals surface area (Å²) in [5.41, 5.74) is 5.21. The van der Waals surface area contributed by atoms with E-state index in [0.29, 0.717) is 17.1 Å². The first kappa shape index (κ1) is 21.4. The molecule has 0 N–H and O–H groups in total. The Morgan fingerprint density at radius 1 is 1.00 bits per heavy atom. The van der Waals surface area contributed by atoms with E-state index in [-0.39, 0.29) is 0 Å². The molecule has 164 valence electrons. The summed E-state index contributed by atoms with van der Waals surface area (Å²) in [7, 11) is 0. The van der Waals surface area contributed by atoms with Gasteiger partial charge < -0.3 is 4.90 Å². The van der Waals surface area contributed by atoms with Crippen LogP contribution in [-0.2, 0) is 6.42 Å². The van der Waals surface area contributed by atoms with Crippen molar-refractivity contribution < 1.29 is 0 Å². The minimum absolute atomic E-state index is 0.336. The third-order valence-electron chi connectivity index (χ3n) is 6.56. The van der Waals surface area contributed by atoms with Crippen LogP contribution in [0.3, 0.4) is 0 Å². The lowest BCUT2D eigenvalue weighted by Crippen LogP contribution is -2.35. The van der Waals surface area contributed by atoms with Crippen molar-refractivity contribution in [3.63, 3.8) is 0 Å². The van der Waals surface area contributed by atoms with E-state index in [2.05, 4.69) is 83.7 Å². The van der Waals surface area contributed by atoms with Crippen molar-refractivity contribution in [2.45, 2.75) is 39.0 Å². The summed E-state index contributed by atoms with van der Waals surface area (Å²) < 4.78 is 0. The van der Waals surface area contributed by atoms with Gasteiger partial charge >= 0.3 is 0 Å². The minimum atomic E-state index is 0.336. The van der Waals surface area contributed by atoms with Crippen LogP contribution in [0.5, 0.6) is 0 Å². The molecule has 0 spiro atoms. The number of aromatic nitrogens is 2. The average Bonchev–Trinajstić information content (AvgIpc) is 3.23. The van der Waals surface area contributed by atoms with Gasteiger partial charge in [0.2, 0.25) is 5.28 Å². The summed E-state index contributed by atoms with van der Waals surface area (Å²) in [6.45, 7) is 6.46. The highest BCUT2D eigenvalue weighted by molar-refractivity contribution is 7.17. The minimum Gasteiger partial charge on any atom is -0.356 e. The number of rotatable bonds is 5. The van der Waals surface area contributed by atoms with Crippen LogP contribution in [0.25, 0.3) is 21.3 Å². The molecular weight excluding hydrogens is 434 g/mol. The van der Waals surface area contributed by atoms with E-state index in [0.717, 1.165) is 35.5 Å². The Kier molecular flexibility index (Phi) is 6.16. The Morgan fingerprint density at radius 3 is 2.41 bits per heavy atom. The van der Waals surface area contributed by atoms with Crippen LogP contribution in [0, 0.1) is 5.92 Å². The summed E-state index contributed by atoms with van der Waals surface area (Å²) in [5.74, 6) is 2.23. The fraction of sp³-hybridized carbons (Fsp3) is 0.333. The van der Waals surface area contributed by atoms with Crippen LogP contribution in [0.4, 0.5) is 5.82 Å². The third-order valence-corrected chi connectivity index (χ3v) is 7.60. The van der Waals surface area contributed by atoms with Gasteiger partial charge in [0.15, 0.2) is 0 Å². The fourth-order valence-corrected chi connectivity index (χ4v) is 5.84. The summed E-state index contributed by atoms with van der Waals surface area (Å²) in [5, 5.41) is 3.67. The maximum absolute atomic E-state index is 6.35. The Bertz CT molecular complexity index is 1190. The molecule has 4 aromatic rings. The summed E-state index contributed by atoms with van der Waals surface area (Å²) >= 11 is 8.00. The van der Waals surface area contributed by atoms with Crippen LogP contribution in [0.1, 0.15) is 43.7 Å². The van der Waals surface area contributed by atoms with Crippen molar-refractivity contribution in [1.82, 2.24) is 9.97 Å². The zero-order chi connectivity index (χ0) is 22.1. The molecule has 1 fully saturated rings. The molecule has 3 nitrogen and oxygen atoms in total. The molecule has 1 aliphatic heterocycles. The molecule has 0 unspecified atom stereocenters. The van der Waals surface area contributed by atoms with Crippen molar-refractivity contribution >= 4 is 39.0 Å². The number of nitrogens with zero attached hydrogens (tertiary/aromatic N) is 3. The molecule has 3 heterocycles. The predicted octanol–water partition coefficient (Wildman–Crippen LogP) is 7.59. The number of hydrogen-bond donors (Lipinski definition) is 0. The van der Waals surface area contributed by atoms with Crippen LogP contribution in [0.15, 0.2) is 60.0 Å². The molecule has 0 aliphatic carbocycles. The smallest absolute Gasteiger partial charge is 0.225 e. The number of thiophene rings is 1. The molecule has 1 aliphatic rings. The molecule has 2 aromatic carbocycles. The van der Waals surface area contributed by atoms with E-state index in [1.807, 2.05) is 0 Å². The van der Waals surface area contributed by atoms with Crippen molar-refractivity contribution in [1.29, 1.82) is 0 Å². The van der Waals surface area contributed by atoms with Gasteiger partial charge in [0.05, 0.1) is 5.39 Å². The van der Waals surface area contributed by atoms with E-state index in [1.54, 1.807) is 11.3 Å². The van der Waals surface area contributed by atoms with E-state index >= 15 is 0 Å². The third kappa shape index (κ3) is 4.39. The second-order valence-electron chi connectivity index (χ2n) is 9.04. The molecule has 0 bridgehead atoms. The zero-order valence-electron chi connectivity index (χ0n) is 18.6. The number of benzene rings is 2. The molecule has 0 atom stereocenters. The first-order valence-corrected chi connectivity index (χ1v) is 12.7. The first-order valence-electron chi connectivity index (χ1n) is 11.4. The van der Waals surface area contributed by atoms with Crippen molar-refractivity contribution in [3.8, 4) is 11.1 Å². The molecule has 0 saturated carbocycles. The van der Waals surface area contributed by atoms with Gasteiger partial charge in [0.1, 0.15) is 10.6 Å². The molecule has 0 amide bonds. The predicted molar refractivity (Wildman–Crippen MR) is 137 cm³/mol. The highest BCUT2D eigenvalue weighted by Gasteiger charge is 2.24. The standard InChI is InChI=1S/C27H28ClN3S/c1-18(2)21-8-10-22(11-9-21)23-17-32-26-24(23)25(29-27(28)30-26)31-14-12-20(13-15-31)16-19-6-4-3-5-7-19/h3-11,17-18,20H,12-16H2,1-2H3. The monoisotopic (exact) mass is 461 g/mol. The van der Waals surface area contributed by atoms with Crippen LogP contribution in [0.2, 0.25) is 5.28 Å². The summed E-state index contributed by atoms with van der Waals surface area (Å²) in [6.07, 6.45) is 3.49. The van der Waals surface area contributed by atoms with Crippen LogP contribution < -0.4 is 4.90 Å². The summed E-state index contributed by atoms with van der Waals surface area (Å²) in [6, 6.07) is 19.7. The number of halogens is 1. The second-order valence-corrected chi connectivity index (χ2v) is 10.2. The molecule has 1 saturated heterocycles. The maximum Gasteiger partial charge on any atom is 0.225 e. The molecule has 0 radical (unpaired) electrons. The van der Waals surface area contributed by atoms with E-state index < -0.39 is 0 Å². The number of piperidine rings is 1. The first-order chi connectivity index (χ1) is 15.6. The van der Waals surface area contributed by atoms with Crippen molar-refractivity contribution in [3.05, 3.63) is 76.4 Å². The largest absolute Gasteiger partial charge is 0.356 e. The molecule has 5 heteroatoms. The van der Waals surface area contributed by atoms with Gasteiger partial charge in [-0.2, -0.15) is 4.98 Å². The highest BCUT2D eigenvalue weighted by Crippen LogP contribution is 2.40. The van der Waals surface area contributed by atoms with Gasteiger partial charge in [-0.3, -0.25) is 0 Å². The summed E-state index contributed by atoms with van der Waals surface area (Å²) in [4.78, 5) is 12.6. The maximum atomic E-state index is 6.35.